The molecule has 1 aliphatic heterocycles. The molecule has 0 unspecified atom stereocenters. The minimum Gasteiger partial charge on any atom is -0.497 e. The molecule has 1 aromatic heterocycles. The molecule has 4 N–H and O–H groups in total. The Morgan fingerprint density at radius 1 is 0.843 bits per heavy atom. The van der Waals surface area contributed by atoms with Crippen molar-refractivity contribution >= 4 is 10.0 Å². The summed E-state index contributed by atoms with van der Waals surface area (Å²) in [4.78, 5) is 1.70. The van der Waals surface area contributed by atoms with Gasteiger partial charge in [0.05, 0.1) is 31.2 Å². The first-order valence-electron chi connectivity index (χ1n) is 17.6. The van der Waals surface area contributed by atoms with Gasteiger partial charge in [-0.15, -0.1) is 10.2 Å². The van der Waals surface area contributed by atoms with Gasteiger partial charge in [0.1, 0.15) is 11.5 Å². The Morgan fingerprint density at radius 2 is 1.49 bits per heavy atom. The lowest BCUT2D eigenvalue weighted by Crippen LogP contribution is -2.39. The molecule has 0 radical (unpaired) electrons. The predicted molar refractivity (Wildman–Crippen MR) is 197 cm³/mol. The van der Waals surface area contributed by atoms with E-state index in [9.17, 15) is 8.42 Å². The largest absolute Gasteiger partial charge is 0.497 e. The standard InChI is InChI=1S/C39H45N7O4S/c1-49-34-16-5-27(6-17-34)22-42-51(47,48)38-31(21-26-3-14-33(40)15-4-26)13-20-36(30-11-9-29(10-12-30)32-23-41-24-32)37(38)39-43-45-46(44-39)25-28-7-18-35(50-2)19-8-28/h5-13,16-20,26,32-33,41-42H,3-4,14-15,21-25,40H2,1-2H3/t26-,33-. The van der Waals surface area contributed by atoms with Crippen molar-refractivity contribution in [2.45, 2.75) is 62.0 Å². The molecule has 266 valence electrons. The van der Waals surface area contributed by atoms with Gasteiger partial charge < -0.3 is 20.5 Å². The number of ether oxygens (including phenoxy) is 2. The first kappa shape index (κ1) is 34.8. The molecule has 1 aliphatic carbocycles. The zero-order valence-corrected chi connectivity index (χ0v) is 29.9. The molecule has 5 aromatic rings. The number of tetrazole rings is 1. The van der Waals surface area contributed by atoms with Crippen molar-refractivity contribution in [1.29, 1.82) is 0 Å². The van der Waals surface area contributed by atoms with Crippen LogP contribution in [0.5, 0.6) is 11.5 Å². The van der Waals surface area contributed by atoms with Crippen LogP contribution >= 0.6 is 0 Å². The first-order chi connectivity index (χ1) is 24.8. The van der Waals surface area contributed by atoms with E-state index in [2.05, 4.69) is 44.6 Å². The van der Waals surface area contributed by atoms with Gasteiger partial charge in [0.25, 0.3) is 0 Å². The van der Waals surface area contributed by atoms with Crippen LogP contribution in [-0.4, -0.2) is 62.0 Å². The molecule has 2 heterocycles. The van der Waals surface area contributed by atoms with Gasteiger partial charge in [-0.25, -0.2) is 13.1 Å². The van der Waals surface area contributed by atoms with Gasteiger partial charge in [-0.2, -0.15) is 4.80 Å². The Balaban J connectivity index is 1.33. The molecule has 7 rings (SSSR count). The Labute approximate surface area is 299 Å². The van der Waals surface area contributed by atoms with Crippen LogP contribution in [0.1, 0.15) is 53.9 Å². The highest BCUT2D eigenvalue weighted by Crippen LogP contribution is 2.40. The lowest BCUT2D eigenvalue weighted by Gasteiger charge is -2.28. The van der Waals surface area contributed by atoms with Gasteiger partial charge in [0.15, 0.2) is 0 Å². The minimum atomic E-state index is -4.09. The van der Waals surface area contributed by atoms with Crippen LogP contribution in [0.4, 0.5) is 0 Å². The fourth-order valence-electron chi connectivity index (χ4n) is 7.02. The van der Waals surface area contributed by atoms with Crippen molar-refractivity contribution in [3.8, 4) is 34.0 Å². The lowest BCUT2D eigenvalue weighted by molar-refractivity contribution is 0.323. The summed E-state index contributed by atoms with van der Waals surface area (Å²) in [6.45, 7) is 2.37. The number of nitrogens with two attached hydrogens (primary N) is 1. The zero-order valence-electron chi connectivity index (χ0n) is 29.1. The van der Waals surface area contributed by atoms with E-state index in [0.717, 1.165) is 72.3 Å². The summed E-state index contributed by atoms with van der Waals surface area (Å²) in [6.07, 6.45) is 4.36. The molecule has 2 fully saturated rings. The van der Waals surface area contributed by atoms with Crippen molar-refractivity contribution < 1.29 is 17.9 Å². The number of rotatable bonds is 13. The van der Waals surface area contributed by atoms with Crippen molar-refractivity contribution in [3.05, 3.63) is 107 Å². The van der Waals surface area contributed by atoms with E-state index >= 15 is 0 Å². The van der Waals surface area contributed by atoms with Gasteiger partial charge in [0, 0.05) is 31.6 Å². The molecule has 0 bridgehead atoms. The lowest BCUT2D eigenvalue weighted by atomic mass is 9.82. The number of hydrogen-bond acceptors (Lipinski definition) is 9. The van der Waals surface area contributed by atoms with Gasteiger partial charge >= 0.3 is 0 Å². The molecule has 0 amide bonds. The minimum absolute atomic E-state index is 0.107. The van der Waals surface area contributed by atoms with E-state index in [1.165, 1.54) is 10.4 Å². The molecule has 2 aliphatic rings. The van der Waals surface area contributed by atoms with Crippen LogP contribution in [0.15, 0.2) is 89.8 Å². The number of sulfonamides is 1. The second-order valence-electron chi connectivity index (χ2n) is 13.6. The second kappa shape index (κ2) is 15.3. The predicted octanol–water partition coefficient (Wildman–Crippen LogP) is 5.30. The van der Waals surface area contributed by atoms with Crippen molar-refractivity contribution in [1.82, 2.24) is 30.2 Å². The van der Waals surface area contributed by atoms with E-state index in [4.69, 9.17) is 20.3 Å². The van der Waals surface area contributed by atoms with Crippen LogP contribution in [0.2, 0.25) is 0 Å². The normalized spacial score (nSPS) is 17.9. The molecule has 1 saturated heterocycles. The summed E-state index contributed by atoms with van der Waals surface area (Å²) in [6, 6.07) is 27.6. The average molecular weight is 708 g/mol. The summed E-state index contributed by atoms with van der Waals surface area (Å²) in [5, 5.41) is 17.1. The number of hydrogen-bond donors (Lipinski definition) is 3. The Hall–Kier alpha value is -4.62. The van der Waals surface area contributed by atoms with Crippen molar-refractivity contribution in [2.75, 3.05) is 27.3 Å². The SMILES string of the molecule is COc1ccc(CNS(=O)(=O)c2c(C[C@H]3CC[C@H](N)CC3)ccc(-c3ccc(C4CNC4)cc3)c2-c2nnn(Cc3ccc(OC)cc3)n2)cc1. The molecular weight excluding hydrogens is 663 g/mol. The second-order valence-corrected chi connectivity index (χ2v) is 15.3. The Morgan fingerprint density at radius 3 is 2.10 bits per heavy atom. The fraction of sp³-hybridized carbons (Fsp3) is 0.359. The highest BCUT2D eigenvalue weighted by molar-refractivity contribution is 7.89. The van der Waals surface area contributed by atoms with Gasteiger partial charge in [-0.1, -0.05) is 60.7 Å². The summed E-state index contributed by atoms with van der Waals surface area (Å²) < 4.78 is 42.9. The summed E-state index contributed by atoms with van der Waals surface area (Å²) in [5.41, 5.74) is 12.1. The van der Waals surface area contributed by atoms with Crippen LogP contribution in [0, 0.1) is 5.92 Å². The number of aromatic nitrogens is 4. The highest BCUT2D eigenvalue weighted by Gasteiger charge is 2.31. The maximum Gasteiger partial charge on any atom is 0.241 e. The molecule has 0 atom stereocenters. The van der Waals surface area contributed by atoms with Gasteiger partial charge in [-0.05, 0) is 101 Å². The van der Waals surface area contributed by atoms with Crippen LogP contribution in [-0.2, 0) is 29.5 Å². The molecule has 1 saturated carbocycles. The number of benzene rings is 4. The third-order valence-electron chi connectivity index (χ3n) is 10.2. The number of nitrogens with one attached hydrogen (secondary N) is 2. The first-order valence-corrected chi connectivity index (χ1v) is 19.0. The molecule has 51 heavy (non-hydrogen) atoms. The zero-order chi connectivity index (χ0) is 35.4. The third-order valence-corrected chi connectivity index (χ3v) is 11.7. The molecule has 11 nitrogen and oxygen atoms in total. The number of nitrogens with zero attached hydrogens (tertiary/aromatic N) is 4. The maximum absolute atomic E-state index is 14.7. The molecule has 0 spiro atoms. The topological polar surface area (TPSA) is 146 Å². The fourth-order valence-corrected chi connectivity index (χ4v) is 8.48. The Bertz CT molecular complexity index is 2040. The van der Waals surface area contributed by atoms with E-state index in [-0.39, 0.29) is 23.3 Å². The molecule has 4 aromatic carbocycles. The van der Waals surface area contributed by atoms with Crippen molar-refractivity contribution in [3.63, 3.8) is 0 Å². The summed E-state index contributed by atoms with van der Waals surface area (Å²) in [5.74, 6) is 2.50. The molecular formula is C39H45N7O4S. The maximum atomic E-state index is 14.7. The third kappa shape index (κ3) is 7.99. The Kier molecular flexibility index (Phi) is 10.5. The van der Waals surface area contributed by atoms with Gasteiger partial charge in [0.2, 0.25) is 15.8 Å². The smallest absolute Gasteiger partial charge is 0.241 e. The van der Waals surface area contributed by atoms with E-state index in [1.807, 2.05) is 60.7 Å². The van der Waals surface area contributed by atoms with Crippen LogP contribution < -0.4 is 25.2 Å². The highest BCUT2D eigenvalue weighted by atomic mass is 32.2. The van der Waals surface area contributed by atoms with E-state index in [1.54, 1.807) is 14.2 Å². The summed E-state index contributed by atoms with van der Waals surface area (Å²) >= 11 is 0. The van der Waals surface area contributed by atoms with Crippen molar-refractivity contribution in [2.24, 2.45) is 11.7 Å². The van der Waals surface area contributed by atoms with E-state index in [0.29, 0.717) is 36.1 Å². The monoisotopic (exact) mass is 707 g/mol. The summed E-state index contributed by atoms with van der Waals surface area (Å²) in [7, 11) is -0.861. The van der Waals surface area contributed by atoms with Gasteiger partial charge in [-0.3, -0.25) is 0 Å². The molecule has 12 heteroatoms. The van der Waals surface area contributed by atoms with Crippen LogP contribution in [0.3, 0.4) is 0 Å². The van der Waals surface area contributed by atoms with E-state index < -0.39 is 10.0 Å². The quantitative estimate of drug-likeness (QED) is 0.148. The average Bonchev–Trinajstić information content (AvgIpc) is 3.60. The number of methoxy groups -OCH3 is 2. The van der Waals surface area contributed by atoms with Crippen LogP contribution in [0.25, 0.3) is 22.5 Å².